The average molecular weight is 278 g/mol. The smallest absolute Gasteiger partial charge is 0.365 e. The molecule has 0 aliphatic carbocycles. The molecule has 1 aliphatic rings. The average Bonchev–Trinajstić information content (AvgIpc) is 2.46. The summed E-state index contributed by atoms with van der Waals surface area (Å²) in [6.07, 6.45) is -4.66. The lowest BCUT2D eigenvalue weighted by atomic mass is 10.0. The van der Waals surface area contributed by atoms with E-state index in [1.165, 1.54) is 6.07 Å². The van der Waals surface area contributed by atoms with Gasteiger partial charge in [-0.3, -0.25) is 5.32 Å². The van der Waals surface area contributed by atoms with Crippen LogP contribution in [-0.4, -0.2) is 0 Å². The minimum atomic E-state index is -4.35. The van der Waals surface area contributed by atoms with Gasteiger partial charge in [0.2, 0.25) is 0 Å². The molecule has 1 aliphatic heterocycles. The van der Waals surface area contributed by atoms with Crippen molar-refractivity contribution in [1.29, 1.82) is 0 Å². The standard InChI is InChI=1S/C15H13F3N2/c16-15(17,18)12-8-4-7-11-9-19-14(20-13(11)12)10-5-2-1-3-6-10/h1-8,14,19-20H,9H2. The van der Waals surface area contributed by atoms with Gasteiger partial charge in [0, 0.05) is 6.54 Å². The summed E-state index contributed by atoms with van der Waals surface area (Å²) in [5.41, 5.74) is 1.10. The monoisotopic (exact) mass is 278 g/mol. The number of benzene rings is 2. The van der Waals surface area contributed by atoms with Crippen LogP contribution >= 0.6 is 0 Å². The molecule has 0 aromatic heterocycles. The normalized spacial score (nSPS) is 18.2. The van der Waals surface area contributed by atoms with Gasteiger partial charge in [0.05, 0.1) is 11.3 Å². The van der Waals surface area contributed by atoms with E-state index in [9.17, 15) is 13.2 Å². The molecule has 1 atom stereocenters. The number of rotatable bonds is 1. The molecule has 0 amide bonds. The van der Waals surface area contributed by atoms with Crippen molar-refractivity contribution >= 4 is 5.69 Å². The molecule has 1 heterocycles. The van der Waals surface area contributed by atoms with Gasteiger partial charge in [0.1, 0.15) is 6.17 Å². The van der Waals surface area contributed by atoms with Gasteiger partial charge in [-0.1, -0.05) is 42.5 Å². The first-order chi connectivity index (χ1) is 9.55. The second-order valence-corrected chi connectivity index (χ2v) is 4.71. The highest BCUT2D eigenvalue weighted by atomic mass is 19.4. The molecule has 0 bridgehead atoms. The number of para-hydroxylation sites is 1. The summed E-state index contributed by atoms with van der Waals surface area (Å²) >= 11 is 0. The Morgan fingerprint density at radius 1 is 0.950 bits per heavy atom. The van der Waals surface area contributed by atoms with Crippen LogP contribution in [0.1, 0.15) is 22.9 Å². The largest absolute Gasteiger partial charge is 0.418 e. The molecule has 0 spiro atoms. The topological polar surface area (TPSA) is 24.1 Å². The fraction of sp³-hybridized carbons (Fsp3) is 0.200. The Labute approximate surface area is 114 Å². The van der Waals surface area contributed by atoms with Gasteiger partial charge in [0.25, 0.3) is 0 Å². The van der Waals surface area contributed by atoms with E-state index >= 15 is 0 Å². The van der Waals surface area contributed by atoms with Crippen LogP contribution in [0.25, 0.3) is 0 Å². The van der Waals surface area contributed by atoms with Crippen molar-refractivity contribution in [2.45, 2.75) is 18.9 Å². The van der Waals surface area contributed by atoms with E-state index in [4.69, 9.17) is 0 Å². The fourth-order valence-corrected chi connectivity index (χ4v) is 2.41. The predicted molar refractivity (Wildman–Crippen MR) is 71.1 cm³/mol. The highest BCUT2D eigenvalue weighted by Crippen LogP contribution is 2.39. The maximum Gasteiger partial charge on any atom is 0.418 e. The van der Waals surface area contributed by atoms with Crippen molar-refractivity contribution in [3.8, 4) is 0 Å². The van der Waals surface area contributed by atoms with Gasteiger partial charge in [-0.25, -0.2) is 0 Å². The molecule has 2 N–H and O–H groups in total. The third kappa shape index (κ3) is 2.36. The Morgan fingerprint density at radius 2 is 1.70 bits per heavy atom. The quantitative estimate of drug-likeness (QED) is 0.826. The number of nitrogens with one attached hydrogen (secondary N) is 2. The van der Waals surface area contributed by atoms with E-state index in [0.29, 0.717) is 12.1 Å². The molecule has 3 rings (SSSR count). The third-order valence-electron chi connectivity index (χ3n) is 3.37. The first-order valence-electron chi connectivity index (χ1n) is 6.29. The van der Waals surface area contributed by atoms with Crippen molar-refractivity contribution in [3.63, 3.8) is 0 Å². The van der Waals surface area contributed by atoms with E-state index in [1.54, 1.807) is 6.07 Å². The Hall–Kier alpha value is -2.01. The van der Waals surface area contributed by atoms with Gasteiger partial charge in [-0.15, -0.1) is 0 Å². The molecule has 0 fully saturated rings. The minimum absolute atomic E-state index is 0.174. The molecule has 1 unspecified atom stereocenters. The van der Waals surface area contributed by atoms with E-state index in [-0.39, 0.29) is 11.9 Å². The summed E-state index contributed by atoms with van der Waals surface area (Å²) in [5.74, 6) is 0. The first kappa shape index (κ1) is 13.0. The molecule has 5 heteroatoms. The van der Waals surface area contributed by atoms with Crippen molar-refractivity contribution in [2.75, 3.05) is 5.32 Å². The molecular weight excluding hydrogens is 265 g/mol. The van der Waals surface area contributed by atoms with Crippen LogP contribution < -0.4 is 10.6 Å². The highest BCUT2D eigenvalue weighted by Gasteiger charge is 2.36. The minimum Gasteiger partial charge on any atom is -0.365 e. The zero-order chi connectivity index (χ0) is 14.2. The molecular formula is C15H13F3N2. The zero-order valence-corrected chi connectivity index (χ0v) is 10.5. The number of fused-ring (bicyclic) bond motifs is 1. The molecule has 20 heavy (non-hydrogen) atoms. The summed E-state index contributed by atoms with van der Waals surface area (Å²) in [6, 6.07) is 13.6. The van der Waals surface area contributed by atoms with E-state index in [1.807, 2.05) is 30.3 Å². The fourth-order valence-electron chi connectivity index (χ4n) is 2.41. The van der Waals surface area contributed by atoms with Gasteiger partial charge in [0.15, 0.2) is 0 Å². The summed E-state index contributed by atoms with van der Waals surface area (Å²) in [4.78, 5) is 0. The Balaban J connectivity index is 1.98. The molecule has 2 aromatic rings. The molecule has 0 radical (unpaired) electrons. The molecule has 104 valence electrons. The number of hydrogen-bond acceptors (Lipinski definition) is 2. The van der Waals surface area contributed by atoms with Crippen molar-refractivity contribution in [2.24, 2.45) is 0 Å². The van der Waals surface area contributed by atoms with Crippen LogP contribution in [-0.2, 0) is 12.7 Å². The number of alkyl halides is 3. The van der Waals surface area contributed by atoms with Crippen LogP contribution in [0.5, 0.6) is 0 Å². The highest BCUT2D eigenvalue weighted by molar-refractivity contribution is 5.61. The van der Waals surface area contributed by atoms with Crippen LogP contribution in [0.15, 0.2) is 48.5 Å². The molecule has 2 nitrogen and oxygen atoms in total. The van der Waals surface area contributed by atoms with Gasteiger partial charge >= 0.3 is 6.18 Å². The summed E-state index contributed by atoms with van der Waals surface area (Å²) in [7, 11) is 0. The van der Waals surface area contributed by atoms with Gasteiger partial charge < -0.3 is 5.32 Å². The first-order valence-corrected chi connectivity index (χ1v) is 6.29. The number of hydrogen-bond donors (Lipinski definition) is 2. The SMILES string of the molecule is FC(F)(F)c1cccc2c1NC(c1ccccc1)NC2. The molecule has 0 saturated heterocycles. The zero-order valence-electron chi connectivity index (χ0n) is 10.5. The van der Waals surface area contributed by atoms with Crippen molar-refractivity contribution < 1.29 is 13.2 Å². The van der Waals surface area contributed by atoms with E-state index in [0.717, 1.165) is 11.6 Å². The van der Waals surface area contributed by atoms with E-state index < -0.39 is 11.7 Å². The summed E-state index contributed by atoms with van der Waals surface area (Å²) in [5, 5.41) is 6.15. The maximum atomic E-state index is 13.0. The molecule has 0 saturated carbocycles. The van der Waals surface area contributed by atoms with Crippen LogP contribution in [0.2, 0.25) is 0 Å². The lowest BCUT2D eigenvalue weighted by Gasteiger charge is -2.30. The van der Waals surface area contributed by atoms with Crippen LogP contribution in [0, 0.1) is 0 Å². The summed E-state index contributed by atoms with van der Waals surface area (Å²) < 4.78 is 39.1. The second kappa shape index (κ2) is 4.83. The van der Waals surface area contributed by atoms with E-state index in [2.05, 4.69) is 10.6 Å². The Morgan fingerprint density at radius 3 is 2.40 bits per heavy atom. The second-order valence-electron chi connectivity index (χ2n) is 4.71. The predicted octanol–water partition coefficient (Wildman–Crippen LogP) is 3.92. The van der Waals surface area contributed by atoms with Crippen LogP contribution in [0.3, 0.4) is 0 Å². The summed E-state index contributed by atoms with van der Waals surface area (Å²) in [6.45, 7) is 0.409. The lowest BCUT2D eigenvalue weighted by molar-refractivity contribution is -0.137. The maximum absolute atomic E-state index is 13.0. The number of anilines is 1. The third-order valence-corrected chi connectivity index (χ3v) is 3.37. The van der Waals surface area contributed by atoms with Crippen LogP contribution in [0.4, 0.5) is 18.9 Å². The lowest BCUT2D eigenvalue weighted by Crippen LogP contribution is -2.33. The van der Waals surface area contributed by atoms with Crippen molar-refractivity contribution in [1.82, 2.24) is 5.32 Å². The Kier molecular flexibility index (Phi) is 3.14. The Bertz CT molecular complexity index is 608. The van der Waals surface area contributed by atoms with Gasteiger partial charge in [-0.2, -0.15) is 13.2 Å². The van der Waals surface area contributed by atoms with Crippen molar-refractivity contribution in [3.05, 3.63) is 65.2 Å². The number of halogens is 3. The van der Waals surface area contributed by atoms with Gasteiger partial charge in [-0.05, 0) is 17.2 Å². The molecule has 2 aromatic carbocycles.